The topological polar surface area (TPSA) is 0 Å². The van der Waals surface area contributed by atoms with Crippen LogP contribution in [0.1, 0.15) is 0 Å². The molecular formula is C2ClF4I. The molecule has 0 N–H and O–H groups in total. The zero-order valence-electron chi connectivity index (χ0n) is 3.27. The molecule has 0 spiro atoms. The molecule has 0 aliphatic carbocycles. The van der Waals surface area contributed by atoms with E-state index < -0.39 is 9.31 Å². The van der Waals surface area contributed by atoms with Crippen molar-refractivity contribution in [3.05, 3.63) is 0 Å². The number of halogens is 6. The second-order valence-corrected chi connectivity index (χ2v) is 3.64. The summed E-state index contributed by atoms with van der Waals surface area (Å²) in [5.74, 6) is 0. The molecule has 0 bridgehead atoms. The highest BCUT2D eigenvalue weighted by atomic mass is 127. The van der Waals surface area contributed by atoms with Crippen molar-refractivity contribution in [2.45, 2.75) is 9.31 Å². The summed E-state index contributed by atoms with van der Waals surface area (Å²) in [6.45, 7) is 0. The van der Waals surface area contributed by atoms with Crippen molar-refractivity contribution in [3.63, 3.8) is 0 Å². The van der Waals surface area contributed by atoms with E-state index in [1.54, 1.807) is 0 Å². The Kier molecular flexibility index (Phi) is 2.37. The van der Waals surface area contributed by atoms with E-state index in [1.165, 1.54) is 0 Å². The fourth-order valence-corrected chi connectivity index (χ4v) is 0. The molecule has 8 heavy (non-hydrogen) atoms. The summed E-state index contributed by atoms with van der Waals surface area (Å²) in [6, 6.07) is 0. The van der Waals surface area contributed by atoms with Gasteiger partial charge in [-0.3, -0.25) is 0 Å². The number of hydrogen-bond donors (Lipinski definition) is 0. The van der Waals surface area contributed by atoms with Gasteiger partial charge in [0.05, 0.1) is 0 Å². The third-order valence-corrected chi connectivity index (χ3v) is 1.15. The Morgan fingerprint density at radius 1 is 1.12 bits per heavy atom. The van der Waals surface area contributed by atoms with E-state index in [0.717, 1.165) is 0 Å². The molecule has 1 atom stereocenters. The Hall–Kier alpha value is 0.740. The van der Waals surface area contributed by atoms with Crippen LogP contribution in [0, 0.1) is 0 Å². The van der Waals surface area contributed by atoms with Crippen LogP contribution in [0.25, 0.3) is 0 Å². The van der Waals surface area contributed by atoms with Crippen molar-refractivity contribution in [2.24, 2.45) is 0 Å². The van der Waals surface area contributed by atoms with Gasteiger partial charge in [-0.25, -0.2) is 4.39 Å². The predicted molar refractivity (Wildman–Crippen MR) is 29.8 cm³/mol. The van der Waals surface area contributed by atoms with Gasteiger partial charge in [0.15, 0.2) is 0 Å². The molecule has 50 valence electrons. The molecule has 6 heteroatoms. The first-order valence-electron chi connectivity index (χ1n) is 1.38. The van der Waals surface area contributed by atoms with Crippen LogP contribution in [0.15, 0.2) is 0 Å². The fraction of sp³-hybridized carbons (Fsp3) is 1.00. The lowest BCUT2D eigenvalue weighted by Gasteiger charge is -2.12. The predicted octanol–water partition coefficient (Wildman–Crippen LogP) is 2.85. The molecule has 0 rings (SSSR count). The Balaban J connectivity index is 4.02. The number of alkyl halides is 6. The first-order valence-corrected chi connectivity index (χ1v) is 2.84. The first kappa shape index (κ1) is 8.74. The summed E-state index contributed by atoms with van der Waals surface area (Å²) in [7, 11) is 0. The Bertz CT molecular complexity index is 69.0. The molecular weight excluding hydrogens is 262 g/mol. The lowest BCUT2D eigenvalue weighted by atomic mass is 10.7. The van der Waals surface area contributed by atoms with Gasteiger partial charge in [-0.2, -0.15) is 13.2 Å². The second-order valence-electron chi connectivity index (χ2n) is 0.996. The average Bonchev–Trinajstić information content (AvgIpc) is 1.25. The van der Waals surface area contributed by atoms with Crippen molar-refractivity contribution < 1.29 is 17.6 Å². The van der Waals surface area contributed by atoms with Crippen LogP contribution in [0.4, 0.5) is 17.6 Å². The molecule has 0 heterocycles. The molecule has 0 nitrogen and oxygen atoms in total. The van der Waals surface area contributed by atoms with Crippen molar-refractivity contribution >= 4 is 34.2 Å². The molecule has 0 saturated carbocycles. The minimum absolute atomic E-state index is 0.457. The van der Waals surface area contributed by atoms with E-state index in [4.69, 9.17) is 0 Å². The van der Waals surface area contributed by atoms with E-state index in [9.17, 15) is 17.6 Å². The molecule has 0 aromatic carbocycles. The van der Waals surface area contributed by atoms with Crippen LogP contribution in [-0.4, -0.2) is 9.31 Å². The monoisotopic (exact) mass is 262 g/mol. The Morgan fingerprint density at radius 3 is 1.25 bits per heavy atom. The van der Waals surface area contributed by atoms with Gasteiger partial charge in [0.25, 0.3) is 0 Å². The molecule has 0 aliphatic heterocycles. The van der Waals surface area contributed by atoms with E-state index in [0.29, 0.717) is 22.6 Å². The molecule has 0 saturated heterocycles. The molecule has 0 fully saturated rings. The number of rotatable bonds is 0. The average molecular weight is 262 g/mol. The maximum atomic E-state index is 11.5. The quantitative estimate of drug-likeness (QED) is 0.358. The van der Waals surface area contributed by atoms with Gasteiger partial charge in [0, 0.05) is 0 Å². The maximum absolute atomic E-state index is 11.5. The van der Waals surface area contributed by atoms with Crippen LogP contribution < -0.4 is 0 Å². The van der Waals surface area contributed by atoms with Gasteiger partial charge >= 0.3 is 9.31 Å². The molecule has 0 aromatic rings. The lowest BCUT2D eigenvalue weighted by molar-refractivity contribution is -0.162. The van der Waals surface area contributed by atoms with E-state index >= 15 is 0 Å². The number of hydrogen-bond acceptors (Lipinski definition) is 0. The third kappa shape index (κ3) is 2.34. The van der Waals surface area contributed by atoms with E-state index in [-0.39, 0.29) is 0 Å². The van der Waals surface area contributed by atoms with Gasteiger partial charge in [0.2, 0.25) is 0 Å². The lowest BCUT2D eigenvalue weighted by Crippen LogP contribution is -2.27. The standard InChI is InChI=1S/C2ClF4I/c3-1(4,8)2(5,6)7/t1-/m1/s1. The molecule has 0 radical (unpaired) electrons. The highest BCUT2D eigenvalue weighted by Gasteiger charge is 2.52. The second kappa shape index (κ2) is 2.17. The minimum atomic E-state index is -4.98. The largest absolute Gasteiger partial charge is 0.446 e. The van der Waals surface area contributed by atoms with E-state index in [2.05, 4.69) is 11.6 Å². The van der Waals surface area contributed by atoms with Crippen molar-refractivity contribution in [1.82, 2.24) is 0 Å². The molecule has 0 unspecified atom stereocenters. The molecule has 0 amide bonds. The highest BCUT2D eigenvalue weighted by Crippen LogP contribution is 2.42. The Morgan fingerprint density at radius 2 is 1.25 bits per heavy atom. The van der Waals surface area contributed by atoms with Gasteiger partial charge in [-0.1, -0.05) is 11.6 Å². The van der Waals surface area contributed by atoms with Gasteiger partial charge in [-0.05, 0) is 22.6 Å². The fourth-order valence-electron chi connectivity index (χ4n) is 0. The third-order valence-electron chi connectivity index (χ3n) is 0.321. The van der Waals surface area contributed by atoms with Crippen LogP contribution in [-0.2, 0) is 0 Å². The summed E-state index contributed by atoms with van der Waals surface area (Å²) in [5.41, 5.74) is 0. The normalized spacial score (nSPS) is 20.2. The maximum Gasteiger partial charge on any atom is 0.446 e. The minimum Gasteiger partial charge on any atom is -0.204 e. The summed E-state index contributed by atoms with van der Waals surface area (Å²) < 4.78 is 41.0. The Labute approximate surface area is 61.3 Å². The summed E-state index contributed by atoms with van der Waals surface area (Å²) in [5, 5.41) is 0. The van der Waals surface area contributed by atoms with Crippen molar-refractivity contribution in [2.75, 3.05) is 0 Å². The smallest absolute Gasteiger partial charge is 0.204 e. The van der Waals surface area contributed by atoms with Gasteiger partial charge < -0.3 is 0 Å². The molecule has 0 aromatic heterocycles. The SMILES string of the molecule is FC(F)(F)[C@](F)(Cl)I. The highest BCUT2D eigenvalue weighted by molar-refractivity contribution is 14.1. The van der Waals surface area contributed by atoms with Crippen molar-refractivity contribution in [3.8, 4) is 0 Å². The van der Waals surface area contributed by atoms with Gasteiger partial charge in [0.1, 0.15) is 0 Å². The zero-order chi connectivity index (χ0) is 7.00. The van der Waals surface area contributed by atoms with Gasteiger partial charge in [-0.15, -0.1) is 0 Å². The van der Waals surface area contributed by atoms with Crippen molar-refractivity contribution in [1.29, 1.82) is 0 Å². The summed E-state index contributed by atoms with van der Waals surface area (Å²) >= 11 is 4.66. The summed E-state index contributed by atoms with van der Waals surface area (Å²) in [6.07, 6.45) is -4.98. The van der Waals surface area contributed by atoms with Crippen LogP contribution in [0.3, 0.4) is 0 Å². The molecule has 0 aliphatic rings. The zero-order valence-corrected chi connectivity index (χ0v) is 6.18. The van der Waals surface area contributed by atoms with Crippen LogP contribution in [0.2, 0.25) is 0 Å². The van der Waals surface area contributed by atoms with Crippen LogP contribution >= 0.6 is 34.2 Å². The van der Waals surface area contributed by atoms with Crippen LogP contribution in [0.5, 0.6) is 0 Å². The van der Waals surface area contributed by atoms with E-state index in [1.807, 2.05) is 0 Å². The first-order chi connectivity index (χ1) is 3.25. The summed E-state index contributed by atoms with van der Waals surface area (Å²) in [4.78, 5) is 0.